The summed E-state index contributed by atoms with van der Waals surface area (Å²) in [5.74, 6) is 0. The predicted molar refractivity (Wildman–Crippen MR) is 84.9 cm³/mol. The first-order chi connectivity index (χ1) is 10.2. The molecule has 0 saturated carbocycles. The number of oxazole rings is 1. The molecule has 4 rings (SSSR count). The molecule has 1 aliphatic rings. The molecule has 4 nitrogen and oxygen atoms in total. The minimum atomic E-state index is 0.653. The molecule has 0 fully saturated rings. The average molecular weight is 279 g/mol. The lowest BCUT2D eigenvalue weighted by Crippen LogP contribution is -2.24. The van der Waals surface area contributed by atoms with Crippen molar-refractivity contribution in [2.75, 3.05) is 17.2 Å². The third kappa shape index (κ3) is 2.03. The molecule has 2 heterocycles. The molecule has 2 aromatic carbocycles. The van der Waals surface area contributed by atoms with Crippen molar-refractivity contribution < 1.29 is 4.42 Å². The van der Waals surface area contributed by atoms with Gasteiger partial charge in [0.1, 0.15) is 5.52 Å². The summed E-state index contributed by atoms with van der Waals surface area (Å²) in [4.78, 5) is 6.76. The van der Waals surface area contributed by atoms with E-state index in [0.717, 1.165) is 30.5 Å². The highest BCUT2D eigenvalue weighted by atomic mass is 16.4. The summed E-state index contributed by atoms with van der Waals surface area (Å²) in [5, 5.41) is 0. The van der Waals surface area contributed by atoms with Crippen LogP contribution >= 0.6 is 0 Å². The highest BCUT2D eigenvalue weighted by Crippen LogP contribution is 2.35. The number of nitrogen functional groups attached to an aromatic ring is 1. The predicted octanol–water partition coefficient (Wildman–Crippen LogP) is 3.80. The number of rotatable bonds is 1. The number of nitrogens with two attached hydrogens (primary N) is 1. The third-order valence-corrected chi connectivity index (χ3v) is 3.98. The molecule has 106 valence electrons. The van der Waals surface area contributed by atoms with E-state index in [1.54, 1.807) is 0 Å². The molecule has 0 radical (unpaired) electrons. The van der Waals surface area contributed by atoms with E-state index < -0.39 is 0 Å². The Morgan fingerprint density at radius 2 is 2.10 bits per heavy atom. The SMILES string of the molecule is Cc1ccc2c(c1)CCCN2c1nc2cc(N)ccc2o1. The van der Waals surface area contributed by atoms with Crippen LogP contribution in [0.4, 0.5) is 17.4 Å². The zero-order valence-electron chi connectivity index (χ0n) is 12.0. The largest absolute Gasteiger partial charge is 0.423 e. The van der Waals surface area contributed by atoms with Gasteiger partial charge in [-0.1, -0.05) is 17.7 Å². The molecule has 0 spiro atoms. The van der Waals surface area contributed by atoms with Gasteiger partial charge in [-0.3, -0.25) is 4.90 Å². The molecule has 0 saturated heterocycles. The van der Waals surface area contributed by atoms with Crippen LogP contribution in [0.2, 0.25) is 0 Å². The van der Waals surface area contributed by atoms with E-state index in [1.807, 2.05) is 18.2 Å². The Kier molecular flexibility index (Phi) is 2.64. The van der Waals surface area contributed by atoms with Crippen molar-refractivity contribution in [3.05, 3.63) is 47.5 Å². The highest BCUT2D eigenvalue weighted by molar-refractivity contribution is 5.79. The first-order valence-corrected chi connectivity index (χ1v) is 7.24. The molecule has 2 N–H and O–H groups in total. The van der Waals surface area contributed by atoms with Crippen molar-refractivity contribution in [1.82, 2.24) is 4.98 Å². The molecule has 0 amide bonds. The van der Waals surface area contributed by atoms with Crippen LogP contribution in [0.5, 0.6) is 0 Å². The standard InChI is InChI=1S/C17H17N3O/c1-11-4-6-15-12(9-11)3-2-8-20(15)17-19-14-10-13(18)5-7-16(14)21-17/h4-7,9-10H,2-3,8,18H2,1H3. The summed E-state index contributed by atoms with van der Waals surface area (Å²) < 4.78 is 5.91. The van der Waals surface area contributed by atoms with Crippen LogP contribution in [0.25, 0.3) is 11.1 Å². The Labute approximate surface area is 123 Å². The molecular formula is C17H17N3O. The second kappa shape index (κ2) is 4.52. The summed E-state index contributed by atoms with van der Waals surface area (Å²) in [6.45, 7) is 3.06. The van der Waals surface area contributed by atoms with Gasteiger partial charge >= 0.3 is 6.01 Å². The van der Waals surface area contributed by atoms with Gasteiger partial charge in [0, 0.05) is 17.9 Å². The van der Waals surface area contributed by atoms with Crippen LogP contribution in [0.3, 0.4) is 0 Å². The van der Waals surface area contributed by atoms with Crippen molar-refractivity contribution >= 4 is 28.5 Å². The summed E-state index contributed by atoms with van der Waals surface area (Å²) in [5.41, 5.74) is 12.0. The lowest BCUT2D eigenvalue weighted by Gasteiger charge is -2.28. The zero-order valence-corrected chi connectivity index (χ0v) is 12.0. The maximum absolute atomic E-state index is 5.91. The smallest absolute Gasteiger partial charge is 0.302 e. The summed E-state index contributed by atoms with van der Waals surface area (Å²) in [6, 6.07) is 12.8. The van der Waals surface area contributed by atoms with Crippen LogP contribution in [-0.2, 0) is 6.42 Å². The van der Waals surface area contributed by atoms with Crippen molar-refractivity contribution in [1.29, 1.82) is 0 Å². The van der Waals surface area contributed by atoms with E-state index in [2.05, 4.69) is 35.0 Å². The fraction of sp³-hybridized carbons (Fsp3) is 0.235. The molecule has 3 aromatic rings. The molecule has 0 atom stereocenters. The van der Waals surface area contributed by atoms with Gasteiger partial charge in [0.25, 0.3) is 0 Å². The number of fused-ring (bicyclic) bond motifs is 2. The number of anilines is 3. The number of benzene rings is 2. The van der Waals surface area contributed by atoms with Crippen LogP contribution in [0.1, 0.15) is 17.5 Å². The first-order valence-electron chi connectivity index (χ1n) is 7.24. The maximum atomic E-state index is 5.91. The Morgan fingerprint density at radius 3 is 3.00 bits per heavy atom. The maximum Gasteiger partial charge on any atom is 0.302 e. The van der Waals surface area contributed by atoms with Crippen molar-refractivity contribution in [3.63, 3.8) is 0 Å². The van der Waals surface area contributed by atoms with Crippen LogP contribution in [0.15, 0.2) is 40.8 Å². The Morgan fingerprint density at radius 1 is 1.19 bits per heavy atom. The first kappa shape index (κ1) is 12.3. The van der Waals surface area contributed by atoms with Crippen LogP contribution < -0.4 is 10.6 Å². The number of aryl methyl sites for hydroxylation is 2. The lowest BCUT2D eigenvalue weighted by atomic mass is 10.00. The van der Waals surface area contributed by atoms with Gasteiger partial charge < -0.3 is 10.2 Å². The van der Waals surface area contributed by atoms with Crippen molar-refractivity contribution in [3.8, 4) is 0 Å². The second-order valence-electron chi connectivity index (χ2n) is 5.61. The highest BCUT2D eigenvalue weighted by Gasteiger charge is 2.22. The number of hydrogen-bond donors (Lipinski definition) is 1. The fourth-order valence-corrected chi connectivity index (χ4v) is 2.97. The molecule has 0 bridgehead atoms. The van der Waals surface area contributed by atoms with E-state index in [9.17, 15) is 0 Å². The Balaban J connectivity index is 1.82. The topological polar surface area (TPSA) is 55.3 Å². The molecule has 1 aromatic heterocycles. The molecule has 1 aliphatic heterocycles. The Hall–Kier alpha value is -2.49. The van der Waals surface area contributed by atoms with Gasteiger partial charge in [0.2, 0.25) is 0 Å². The van der Waals surface area contributed by atoms with E-state index in [4.69, 9.17) is 10.2 Å². The second-order valence-corrected chi connectivity index (χ2v) is 5.61. The van der Waals surface area contributed by atoms with Crippen LogP contribution in [-0.4, -0.2) is 11.5 Å². The summed E-state index contributed by atoms with van der Waals surface area (Å²) >= 11 is 0. The monoisotopic (exact) mass is 279 g/mol. The van der Waals surface area contributed by atoms with E-state index in [1.165, 1.54) is 16.8 Å². The average Bonchev–Trinajstić information content (AvgIpc) is 2.89. The lowest BCUT2D eigenvalue weighted by molar-refractivity contribution is 0.580. The van der Waals surface area contributed by atoms with Crippen molar-refractivity contribution in [2.45, 2.75) is 19.8 Å². The quantitative estimate of drug-likeness (QED) is 0.688. The number of aromatic nitrogens is 1. The summed E-state index contributed by atoms with van der Waals surface area (Å²) in [7, 11) is 0. The van der Waals surface area contributed by atoms with E-state index >= 15 is 0 Å². The molecule has 0 unspecified atom stereocenters. The zero-order chi connectivity index (χ0) is 14.4. The van der Waals surface area contributed by atoms with E-state index in [0.29, 0.717) is 11.7 Å². The van der Waals surface area contributed by atoms with Gasteiger partial charge in [0.15, 0.2) is 5.58 Å². The van der Waals surface area contributed by atoms with Gasteiger partial charge in [-0.25, -0.2) is 0 Å². The van der Waals surface area contributed by atoms with Crippen LogP contribution in [0, 0.1) is 6.92 Å². The minimum Gasteiger partial charge on any atom is -0.423 e. The van der Waals surface area contributed by atoms with Crippen molar-refractivity contribution in [2.24, 2.45) is 0 Å². The van der Waals surface area contributed by atoms with Gasteiger partial charge in [0.05, 0.1) is 0 Å². The summed E-state index contributed by atoms with van der Waals surface area (Å²) in [6.07, 6.45) is 2.22. The van der Waals surface area contributed by atoms with Gasteiger partial charge in [-0.05, 0) is 49.6 Å². The number of hydrogen-bond acceptors (Lipinski definition) is 4. The normalized spacial score (nSPS) is 14.4. The molecule has 21 heavy (non-hydrogen) atoms. The van der Waals surface area contributed by atoms with Gasteiger partial charge in [-0.15, -0.1) is 0 Å². The Bertz CT molecular complexity index is 822. The number of nitrogens with zero attached hydrogens (tertiary/aromatic N) is 2. The van der Waals surface area contributed by atoms with Gasteiger partial charge in [-0.2, -0.15) is 4.98 Å². The van der Waals surface area contributed by atoms with E-state index in [-0.39, 0.29) is 0 Å². The molecular weight excluding hydrogens is 262 g/mol. The molecule has 0 aliphatic carbocycles. The molecule has 4 heteroatoms. The minimum absolute atomic E-state index is 0.653. The third-order valence-electron chi connectivity index (χ3n) is 3.98. The fourth-order valence-electron chi connectivity index (χ4n) is 2.97.